The average molecular weight is 508 g/mol. The highest BCUT2D eigenvalue weighted by Gasteiger charge is 2.46. The van der Waals surface area contributed by atoms with E-state index in [2.05, 4.69) is 22.2 Å². The number of carbonyl (C=O) groups is 1. The third kappa shape index (κ3) is 7.34. The van der Waals surface area contributed by atoms with Crippen LogP contribution in [0.4, 0.5) is 5.82 Å². The molecule has 36 heavy (non-hydrogen) atoms. The summed E-state index contributed by atoms with van der Waals surface area (Å²) < 4.78 is 12.7. The Bertz CT molecular complexity index is 951. The molecule has 3 rings (SSSR count). The molecule has 3 heterocycles. The molecule has 2 saturated heterocycles. The lowest BCUT2D eigenvalue weighted by Gasteiger charge is -2.22. The number of nitrogens with zero attached hydrogens (tertiary/aromatic N) is 4. The number of aliphatic hydroxyl groups excluding tert-OH is 2. The number of hydrogen-bond donors (Lipinski definition) is 3. The average Bonchev–Trinajstić information content (AvgIpc) is 3.41. The third-order valence-corrected chi connectivity index (χ3v) is 6.70. The molecule has 0 bridgehead atoms. The number of ether oxygens (including phenoxy) is 2. The van der Waals surface area contributed by atoms with E-state index < -0.39 is 36.8 Å². The number of rotatable bonds is 13. The maximum Gasteiger partial charge on any atom is 0.351 e. The fourth-order valence-corrected chi connectivity index (χ4v) is 4.54. The minimum atomic E-state index is -1.22. The van der Waals surface area contributed by atoms with E-state index >= 15 is 0 Å². The van der Waals surface area contributed by atoms with Gasteiger partial charge in [0.25, 0.3) is 0 Å². The lowest BCUT2D eigenvalue weighted by Crippen LogP contribution is -2.40. The number of unbranched alkanes of at least 4 members (excludes halogenated alkanes) is 5. The standard InChI is InChI=1S/C25H41N5O6/c1-4-5-6-7-8-9-12-26-20(32)16-35-22-21(33)18(15-31)36-24(22)30-14-17(2)23(28-25(30)34)27-19-11-10-13-29(19)3/h14,18,21-22,24,31,33H,4-13,15-16H2,1-3H3,(H,26,32)/t18-,21-,22-,24-/m1/s1. The van der Waals surface area contributed by atoms with Crippen molar-refractivity contribution in [1.29, 1.82) is 0 Å². The van der Waals surface area contributed by atoms with Crippen molar-refractivity contribution in [3.63, 3.8) is 0 Å². The molecule has 0 radical (unpaired) electrons. The summed E-state index contributed by atoms with van der Waals surface area (Å²) in [5, 5.41) is 23.1. The van der Waals surface area contributed by atoms with Crippen LogP contribution in [-0.2, 0) is 14.3 Å². The second-order valence-corrected chi connectivity index (χ2v) is 9.62. The Balaban J connectivity index is 1.63. The molecule has 4 atom stereocenters. The van der Waals surface area contributed by atoms with Gasteiger partial charge >= 0.3 is 5.69 Å². The molecule has 1 amide bonds. The van der Waals surface area contributed by atoms with Crippen molar-refractivity contribution >= 4 is 17.6 Å². The molecule has 2 aliphatic heterocycles. The molecule has 1 aromatic heterocycles. The molecule has 1 aromatic rings. The van der Waals surface area contributed by atoms with Crippen molar-refractivity contribution in [2.75, 3.05) is 33.4 Å². The van der Waals surface area contributed by atoms with Crippen molar-refractivity contribution in [3.8, 4) is 0 Å². The smallest absolute Gasteiger partial charge is 0.351 e. The molecule has 0 unspecified atom stereocenters. The summed E-state index contributed by atoms with van der Waals surface area (Å²) in [5.74, 6) is 0.906. The van der Waals surface area contributed by atoms with Gasteiger partial charge in [-0.2, -0.15) is 4.98 Å². The van der Waals surface area contributed by atoms with Gasteiger partial charge < -0.3 is 29.9 Å². The Morgan fingerprint density at radius 2 is 2.06 bits per heavy atom. The Labute approximate surface area is 212 Å². The number of aryl methyl sites for hydroxylation is 1. The van der Waals surface area contributed by atoms with Crippen molar-refractivity contribution in [1.82, 2.24) is 19.8 Å². The molecule has 202 valence electrons. The number of aromatic nitrogens is 2. The van der Waals surface area contributed by atoms with E-state index in [1.54, 1.807) is 13.1 Å². The van der Waals surface area contributed by atoms with E-state index in [0.717, 1.165) is 44.5 Å². The molecule has 11 heteroatoms. The summed E-state index contributed by atoms with van der Waals surface area (Å²) in [4.78, 5) is 35.9. The van der Waals surface area contributed by atoms with Crippen LogP contribution in [0.15, 0.2) is 16.0 Å². The van der Waals surface area contributed by atoms with Crippen LogP contribution >= 0.6 is 0 Å². The van der Waals surface area contributed by atoms with Gasteiger partial charge in [-0.25, -0.2) is 9.79 Å². The maximum absolute atomic E-state index is 12.9. The zero-order valence-electron chi connectivity index (χ0n) is 21.7. The van der Waals surface area contributed by atoms with Crippen molar-refractivity contribution in [2.24, 2.45) is 4.99 Å². The zero-order valence-corrected chi connectivity index (χ0v) is 21.7. The van der Waals surface area contributed by atoms with Crippen LogP contribution in [0.25, 0.3) is 0 Å². The van der Waals surface area contributed by atoms with E-state index in [4.69, 9.17) is 9.47 Å². The van der Waals surface area contributed by atoms with E-state index in [9.17, 15) is 19.8 Å². The van der Waals surface area contributed by atoms with Gasteiger partial charge in [-0.15, -0.1) is 0 Å². The lowest BCUT2D eigenvalue weighted by molar-refractivity contribution is -0.133. The lowest BCUT2D eigenvalue weighted by atomic mass is 10.1. The molecule has 3 N–H and O–H groups in total. The van der Waals surface area contributed by atoms with Gasteiger partial charge in [0.05, 0.1) is 6.61 Å². The summed E-state index contributed by atoms with van der Waals surface area (Å²) in [6, 6.07) is 0. The highest BCUT2D eigenvalue weighted by atomic mass is 16.6. The summed E-state index contributed by atoms with van der Waals surface area (Å²) in [6.07, 6.45) is 5.90. The topological polar surface area (TPSA) is 139 Å². The van der Waals surface area contributed by atoms with E-state index in [-0.39, 0.29) is 12.5 Å². The highest BCUT2D eigenvalue weighted by molar-refractivity contribution is 5.86. The van der Waals surface area contributed by atoms with Crippen molar-refractivity contribution in [2.45, 2.75) is 89.8 Å². The van der Waals surface area contributed by atoms with Gasteiger partial charge in [-0.3, -0.25) is 9.36 Å². The number of aliphatic hydroxyl groups is 2. The first-order valence-corrected chi connectivity index (χ1v) is 13.1. The maximum atomic E-state index is 12.9. The molecular weight excluding hydrogens is 466 g/mol. The molecule has 2 aliphatic rings. The first-order valence-electron chi connectivity index (χ1n) is 13.1. The Kier molecular flexibility index (Phi) is 10.8. The monoisotopic (exact) mass is 507 g/mol. The van der Waals surface area contributed by atoms with Crippen LogP contribution in [0.1, 0.15) is 70.1 Å². The minimum absolute atomic E-state index is 0.297. The van der Waals surface area contributed by atoms with Crippen LogP contribution in [0.5, 0.6) is 0 Å². The van der Waals surface area contributed by atoms with Crippen LogP contribution in [-0.4, -0.2) is 88.1 Å². The molecule has 11 nitrogen and oxygen atoms in total. The van der Waals surface area contributed by atoms with Crippen LogP contribution in [0.3, 0.4) is 0 Å². The SMILES string of the molecule is CCCCCCCCNC(=O)CO[C@@H]1[C@H](O)[C@@H](CO)O[C@H]1n1cc(C)c(N=C2CCCN2C)nc1=O. The molecule has 0 saturated carbocycles. The first-order chi connectivity index (χ1) is 17.3. The molecule has 2 fully saturated rings. The summed E-state index contributed by atoms with van der Waals surface area (Å²) >= 11 is 0. The summed E-state index contributed by atoms with van der Waals surface area (Å²) in [6.45, 7) is 4.68. The number of amidine groups is 1. The molecule has 0 aliphatic carbocycles. The Hall–Kier alpha value is -2.34. The number of hydrogen-bond acceptors (Lipinski definition) is 8. The number of nitrogens with one attached hydrogen (secondary N) is 1. The van der Waals surface area contributed by atoms with E-state index in [1.165, 1.54) is 23.8 Å². The minimum Gasteiger partial charge on any atom is -0.394 e. The second kappa shape index (κ2) is 13.8. The molecule has 0 aromatic carbocycles. The quantitative estimate of drug-likeness (QED) is 0.341. The Morgan fingerprint density at radius 3 is 2.75 bits per heavy atom. The summed E-state index contributed by atoms with van der Waals surface area (Å²) in [7, 11) is 1.96. The third-order valence-electron chi connectivity index (χ3n) is 6.70. The van der Waals surface area contributed by atoms with E-state index in [0.29, 0.717) is 17.9 Å². The molecule has 0 spiro atoms. The van der Waals surface area contributed by atoms with Gasteiger partial charge in [0, 0.05) is 38.3 Å². The zero-order chi connectivity index (χ0) is 26.1. The summed E-state index contributed by atoms with van der Waals surface area (Å²) in [5.41, 5.74) is 0.0425. The van der Waals surface area contributed by atoms with Gasteiger partial charge in [0.15, 0.2) is 12.0 Å². The van der Waals surface area contributed by atoms with Crippen molar-refractivity contribution < 1.29 is 24.5 Å². The van der Waals surface area contributed by atoms with Crippen LogP contribution in [0.2, 0.25) is 0 Å². The fourth-order valence-electron chi connectivity index (χ4n) is 4.54. The predicted molar refractivity (Wildman–Crippen MR) is 135 cm³/mol. The van der Waals surface area contributed by atoms with Gasteiger partial charge in [0.2, 0.25) is 5.91 Å². The van der Waals surface area contributed by atoms with Crippen molar-refractivity contribution in [3.05, 3.63) is 22.2 Å². The van der Waals surface area contributed by atoms with Gasteiger partial charge in [0.1, 0.15) is 30.8 Å². The Morgan fingerprint density at radius 1 is 1.31 bits per heavy atom. The fraction of sp³-hybridized carbons (Fsp3) is 0.760. The number of aliphatic imine (C=N–C) groups is 1. The van der Waals surface area contributed by atoms with Gasteiger partial charge in [-0.1, -0.05) is 39.0 Å². The first kappa shape index (κ1) is 28.2. The van der Waals surface area contributed by atoms with Crippen LogP contribution < -0.4 is 11.0 Å². The van der Waals surface area contributed by atoms with Gasteiger partial charge in [-0.05, 0) is 19.8 Å². The second-order valence-electron chi connectivity index (χ2n) is 9.62. The number of carbonyl (C=O) groups excluding carboxylic acids is 1. The predicted octanol–water partition coefficient (Wildman–Crippen LogP) is 1.42. The van der Waals surface area contributed by atoms with Crippen LogP contribution in [0, 0.1) is 6.92 Å². The normalized spacial score (nSPS) is 25.1. The largest absolute Gasteiger partial charge is 0.394 e. The van der Waals surface area contributed by atoms with E-state index in [1.807, 2.05) is 11.9 Å². The molecular formula is C25H41N5O6. The highest BCUT2D eigenvalue weighted by Crippen LogP contribution is 2.31. The number of amides is 1. The number of likely N-dealkylation sites (tertiary alicyclic amines) is 1.